The number of anilines is 1. The highest BCUT2D eigenvalue weighted by atomic mass is 16.3. The van der Waals surface area contributed by atoms with Gasteiger partial charge in [0, 0.05) is 19.3 Å². The summed E-state index contributed by atoms with van der Waals surface area (Å²) in [4.78, 5) is 18.8. The summed E-state index contributed by atoms with van der Waals surface area (Å²) in [6.07, 6.45) is 5.43. The molecule has 150 valence electrons. The Balaban J connectivity index is 1.50. The smallest absolute Gasteiger partial charge is 0.243 e. The average Bonchev–Trinajstić information content (AvgIpc) is 3.26. The van der Waals surface area contributed by atoms with Gasteiger partial charge in [-0.1, -0.05) is 24.6 Å². The summed E-state index contributed by atoms with van der Waals surface area (Å²) in [5.74, 6) is 1.43. The van der Waals surface area contributed by atoms with Gasteiger partial charge in [0.2, 0.25) is 5.91 Å². The third kappa shape index (κ3) is 5.85. The lowest BCUT2D eigenvalue weighted by Crippen LogP contribution is -2.46. The Labute approximate surface area is 166 Å². The van der Waals surface area contributed by atoms with Gasteiger partial charge in [-0.05, 0) is 50.2 Å². The topological polar surface area (TPSA) is 81.9 Å². The molecule has 0 saturated carbocycles. The van der Waals surface area contributed by atoms with E-state index in [1.54, 1.807) is 13.3 Å². The number of carbonyl (C=O) groups excluding carboxylic acids is 1. The summed E-state index contributed by atoms with van der Waals surface area (Å²) in [7, 11) is 1.70. The first-order valence-corrected chi connectivity index (χ1v) is 9.83. The Morgan fingerprint density at radius 1 is 1.11 bits per heavy atom. The molecular weight excluding hydrogens is 354 g/mol. The fourth-order valence-corrected chi connectivity index (χ4v) is 3.43. The van der Waals surface area contributed by atoms with Gasteiger partial charge in [0.1, 0.15) is 5.76 Å². The highest BCUT2D eigenvalue weighted by molar-refractivity contribution is 5.94. The van der Waals surface area contributed by atoms with Crippen molar-refractivity contribution in [3.05, 3.63) is 54.5 Å². The molecule has 1 saturated heterocycles. The van der Waals surface area contributed by atoms with Gasteiger partial charge in [-0.3, -0.25) is 14.7 Å². The lowest BCUT2D eigenvalue weighted by molar-refractivity contribution is -0.115. The second kappa shape index (κ2) is 10.5. The number of piperidine rings is 1. The third-order valence-electron chi connectivity index (χ3n) is 4.86. The average molecular weight is 383 g/mol. The predicted octanol–water partition coefficient (Wildman–Crippen LogP) is 2.61. The molecule has 1 aliphatic heterocycles. The highest BCUT2D eigenvalue weighted by Crippen LogP contribution is 2.24. The number of likely N-dealkylation sites (tertiary alicyclic amines) is 1. The minimum absolute atomic E-state index is 0.118. The normalized spacial score (nSPS) is 16.4. The summed E-state index contributed by atoms with van der Waals surface area (Å²) in [6.45, 7) is 2.94. The lowest BCUT2D eigenvalue weighted by Gasteiger charge is -2.33. The number of guanidine groups is 1. The van der Waals surface area contributed by atoms with E-state index in [4.69, 9.17) is 4.42 Å². The predicted molar refractivity (Wildman–Crippen MR) is 111 cm³/mol. The maximum atomic E-state index is 12.1. The van der Waals surface area contributed by atoms with Crippen molar-refractivity contribution in [1.29, 1.82) is 0 Å². The fraction of sp³-hybridized carbons (Fsp3) is 0.429. The maximum absolute atomic E-state index is 12.1. The van der Waals surface area contributed by atoms with Gasteiger partial charge in [0.05, 0.1) is 18.8 Å². The van der Waals surface area contributed by atoms with Crippen LogP contribution in [0.15, 0.2) is 58.1 Å². The zero-order chi connectivity index (χ0) is 19.6. The molecule has 3 rings (SSSR count). The Bertz CT molecular complexity index is 739. The molecule has 2 heterocycles. The maximum Gasteiger partial charge on any atom is 0.243 e. The van der Waals surface area contributed by atoms with Crippen LogP contribution in [0.5, 0.6) is 0 Å². The van der Waals surface area contributed by atoms with E-state index in [2.05, 4.69) is 25.8 Å². The number of benzene rings is 1. The van der Waals surface area contributed by atoms with E-state index in [0.29, 0.717) is 12.5 Å². The molecule has 1 unspecified atom stereocenters. The SMILES string of the molecule is CN=C(NCC(=O)Nc1ccccc1)NCC(c1ccco1)N1CCCCC1. The highest BCUT2D eigenvalue weighted by Gasteiger charge is 2.24. The Morgan fingerprint density at radius 3 is 2.57 bits per heavy atom. The number of hydrogen-bond acceptors (Lipinski definition) is 4. The molecule has 3 N–H and O–H groups in total. The Morgan fingerprint density at radius 2 is 1.89 bits per heavy atom. The number of nitrogens with zero attached hydrogens (tertiary/aromatic N) is 2. The van der Waals surface area contributed by atoms with Crippen LogP contribution in [0, 0.1) is 0 Å². The van der Waals surface area contributed by atoms with Crippen molar-refractivity contribution >= 4 is 17.6 Å². The zero-order valence-corrected chi connectivity index (χ0v) is 16.4. The molecule has 0 aliphatic carbocycles. The van der Waals surface area contributed by atoms with E-state index < -0.39 is 0 Å². The first-order chi connectivity index (χ1) is 13.8. The van der Waals surface area contributed by atoms with Crippen molar-refractivity contribution in [2.24, 2.45) is 4.99 Å². The molecule has 1 aromatic heterocycles. The molecular formula is C21H29N5O2. The standard InChI is InChI=1S/C21H29N5O2/c1-22-21(24-16-20(27)25-17-9-4-2-5-10-17)23-15-18(19-11-8-14-28-19)26-12-6-3-7-13-26/h2,4-5,8-11,14,18H,3,6-7,12-13,15-16H2,1H3,(H,25,27)(H2,22,23,24). The summed E-state index contributed by atoms with van der Waals surface area (Å²) in [5.41, 5.74) is 0.778. The molecule has 2 aromatic rings. The minimum atomic E-state index is -0.118. The van der Waals surface area contributed by atoms with E-state index in [-0.39, 0.29) is 18.5 Å². The number of nitrogens with one attached hydrogen (secondary N) is 3. The lowest BCUT2D eigenvalue weighted by atomic mass is 10.1. The van der Waals surface area contributed by atoms with Crippen molar-refractivity contribution in [3.63, 3.8) is 0 Å². The number of carbonyl (C=O) groups is 1. The molecule has 1 atom stereocenters. The number of furan rings is 1. The van der Waals surface area contributed by atoms with Gasteiger partial charge in [-0.15, -0.1) is 0 Å². The van der Waals surface area contributed by atoms with Crippen LogP contribution >= 0.6 is 0 Å². The molecule has 0 spiro atoms. The van der Waals surface area contributed by atoms with E-state index >= 15 is 0 Å². The molecule has 1 aliphatic rings. The molecule has 1 fully saturated rings. The fourth-order valence-electron chi connectivity index (χ4n) is 3.43. The van der Waals surface area contributed by atoms with Crippen molar-refractivity contribution < 1.29 is 9.21 Å². The number of amides is 1. The van der Waals surface area contributed by atoms with Crippen LogP contribution in [0.1, 0.15) is 31.1 Å². The molecule has 1 aromatic carbocycles. The summed E-state index contributed by atoms with van der Waals surface area (Å²) < 4.78 is 5.67. The minimum Gasteiger partial charge on any atom is -0.468 e. The van der Waals surface area contributed by atoms with Gasteiger partial charge >= 0.3 is 0 Å². The van der Waals surface area contributed by atoms with E-state index in [0.717, 1.165) is 24.5 Å². The van der Waals surface area contributed by atoms with E-state index in [1.807, 2.05) is 42.5 Å². The monoisotopic (exact) mass is 383 g/mol. The Kier molecular flexibility index (Phi) is 7.49. The molecule has 28 heavy (non-hydrogen) atoms. The Hall–Kier alpha value is -2.80. The zero-order valence-electron chi connectivity index (χ0n) is 16.4. The number of aliphatic imine (C=N–C) groups is 1. The van der Waals surface area contributed by atoms with E-state index in [1.165, 1.54) is 19.3 Å². The summed E-state index contributed by atoms with van der Waals surface area (Å²) in [5, 5.41) is 9.26. The second-order valence-corrected chi connectivity index (χ2v) is 6.85. The van der Waals surface area contributed by atoms with Crippen molar-refractivity contribution in [3.8, 4) is 0 Å². The molecule has 0 radical (unpaired) electrons. The summed E-state index contributed by atoms with van der Waals surface area (Å²) in [6, 6.07) is 13.5. The van der Waals surface area contributed by atoms with Crippen LogP contribution in [0.3, 0.4) is 0 Å². The van der Waals surface area contributed by atoms with Crippen molar-refractivity contribution in [2.45, 2.75) is 25.3 Å². The summed E-state index contributed by atoms with van der Waals surface area (Å²) >= 11 is 0. The van der Waals surface area contributed by atoms with Gasteiger partial charge in [0.25, 0.3) is 0 Å². The largest absolute Gasteiger partial charge is 0.468 e. The van der Waals surface area contributed by atoms with Gasteiger partial charge in [0.15, 0.2) is 5.96 Å². The first-order valence-electron chi connectivity index (χ1n) is 9.83. The number of hydrogen-bond donors (Lipinski definition) is 3. The first kappa shape index (κ1) is 19.9. The third-order valence-corrected chi connectivity index (χ3v) is 4.86. The van der Waals surface area contributed by atoms with Crippen LogP contribution in [0.25, 0.3) is 0 Å². The van der Waals surface area contributed by atoms with Gasteiger partial charge < -0.3 is 20.4 Å². The molecule has 1 amide bonds. The van der Waals surface area contributed by atoms with Crippen LogP contribution in [0.2, 0.25) is 0 Å². The quantitative estimate of drug-likeness (QED) is 0.506. The van der Waals surface area contributed by atoms with Crippen molar-refractivity contribution in [1.82, 2.24) is 15.5 Å². The molecule has 0 bridgehead atoms. The van der Waals surface area contributed by atoms with Crippen molar-refractivity contribution in [2.75, 3.05) is 38.5 Å². The van der Waals surface area contributed by atoms with Gasteiger partial charge in [-0.2, -0.15) is 0 Å². The van der Waals surface area contributed by atoms with Crippen LogP contribution in [0.4, 0.5) is 5.69 Å². The second-order valence-electron chi connectivity index (χ2n) is 6.85. The molecule has 7 nitrogen and oxygen atoms in total. The molecule has 7 heteroatoms. The van der Waals surface area contributed by atoms with Crippen LogP contribution in [-0.4, -0.2) is 50.0 Å². The van der Waals surface area contributed by atoms with E-state index in [9.17, 15) is 4.79 Å². The number of para-hydroxylation sites is 1. The van der Waals surface area contributed by atoms with Gasteiger partial charge in [-0.25, -0.2) is 0 Å². The van der Waals surface area contributed by atoms with Crippen LogP contribution in [-0.2, 0) is 4.79 Å². The van der Waals surface area contributed by atoms with Crippen LogP contribution < -0.4 is 16.0 Å². The number of rotatable bonds is 7.